The van der Waals surface area contributed by atoms with Crippen molar-refractivity contribution in [1.82, 2.24) is 0 Å². The van der Waals surface area contributed by atoms with E-state index in [9.17, 15) is 0 Å². The number of hydrogen-bond donors (Lipinski definition) is 0. The van der Waals surface area contributed by atoms with Crippen molar-refractivity contribution < 1.29 is 51.0 Å². The van der Waals surface area contributed by atoms with Crippen molar-refractivity contribution in [3.8, 4) is 0 Å². The molecule has 4 aromatic carbocycles. The molecule has 0 saturated heterocycles. The molecular weight excluding hydrogens is 551 g/mol. The van der Waals surface area contributed by atoms with E-state index < -0.39 is 0 Å². The molecule has 4 heteroatoms. The van der Waals surface area contributed by atoms with Gasteiger partial charge in [-0.1, -0.05) is 84.0 Å². The number of benzene rings is 4. The molecule has 2 aliphatic carbocycles. The summed E-state index contributed by atoms with van der Waals surface area (Å²) < 4.78 is 0. The largest absolute Gasteiger partial charge is 2.00 e. The van der Waals surface area contributed by atoms with E-state index >= 15 is 0 Å². The third kappa shape index (κ3) is 4.01. The fourth-order valence-corrected chi connectivity index (χ4v) is 8.44. The smallest absolute Gasteiger partial charge is 1.00 e. The Balaban J connectivity index is 0.00000108. The van der Waals surface area contributed by atoms with Crippen molar-refractivity contribution in [2.24, 2.45) is 0 Å². The average molecular weight is 578 g/mol. The minimum Gasteiger partial charge on any atom is -1.00 e. The van der Waals surface area contributed by atoms with Gasteiger partial charge in [-0.2, -0.15) is 0 Å². The molecule has 0 heterocycles. The Labute approximate surface area is 236 Å². The van der Waals surface area contributed by atoms with Crippen molar-refractivity contribution >= 4 is 42.7 Å². The Bertz CT molecular complexity index is 1470. The van der Waals surface area contributed by atoms with Crippen LogP contribution in [0.25, 0.3) is 33.2 Å². The normalized spacial score (nSPS) is 18.1. The number of rotatable bonds is 2. The molecule has 34 heavy (non-hydrogen) atoms. The number of fused-ring (bicyclic) bond motifs is 6. The Hall–Kier alpha value is -1.44. The minimum atomic E-state index is 0. The van der Waals surface area contributed by atoms with Crippen molar-refractivity contribution in [3.63, 3.8) is 0 Å². The Morgan fingerprint density at radius 3 is 2.00 bits per heavy atom. The zero-order valence-electron chi connectivity index (χ0n) is 19.9. The van der Waals surface area contributed by atoms with E-state index in [1.165, 1.54) is 49.4 Å². The second-order valence-corrected chi connectivity index (χ2v) is 11.1. The molecule has 6 rings (SSSR count). The molecule has 0 aliphatic heterocycles. The van der Waals surface area contributed by atoms with E-state index in [1.54, 1.807) is 16.7 Å². The van der Waals surface area contributed by atoms with Crippen molar-refractivity contribution in [2.75, 3.05) is 0 Å². The molecular formula is C30H27Cl2SiZr. The molecule has 0 amide bonds. The molecule has 0 fully saturated rings. The number of allylic oxidation sites excluding steroid dienone is 3. The maximum atomic E-state index is 2.44. The summed E-state index contributed by atoms with van der Waals surface area (Å²) in [4.78, 5) is 0. The van der Waals surface area contributed by atoms with Gasteiger partial charge in [0.15, 0.2) is 0 Å². The van der Waals surface area contributed by atoms with Gasteiger partial charge in [-0.3, -0.25) is 0 Å². The van der Waals surface area contributed by atoms with E-state index in [1.807, 2.05) is 0 Å². The maximum Gasteiger partial charge on any atom is 2.00 e. The first kappa shape index (κ1) is 27.2. The molecule has 0 saturated carbocycles. The molecule has 0 aromatic heterocycles. The van der Waals surface area contributed by atoms with Gasteiger partial charge in [0.1, 0.15) is 0 Å². The Morgan fingerprint density at radius 1 is 0.676 bits per heavy atom. The third-order valence-electron chi connectivity index (χ3n) is 7.60. The van der Waals surface area contributed by atoms with Crippen LogP contribution in [-0.2, 0) is 26.2 Å². The van der Waals surface area contributed by atoms with Gasteiger partial charge < -0.3 is 24.8 Å². The van der Waals surface area contributed by atoms with Gasteiger partial charge in [-0.05, 0) is 93.7 Å². The fraction of sp³-hybridized carbons (Fsp3) is 0.200. The van der Waals surface area contributed by atoms with Crippen LogP contribution in [0.15, 0.2) is 77.9 Å². The van der Waals surface area contributed by atoms with E-state index in [2.05, 4.69) is 101 Å². The number of hydrogen-bond acceptors (Lipinski definition) is 0. The predicted octanol–water partition coefficient (Wildman–Crippen LogP) is 1.75. The van der Waals surface area contributed by atoms with Gasteiger partial charge in [0.2, 0.25) is 0 Å². The Kier molecular flexibility index (Phi) is 8.21. The fourth-order valence-electron chi connectivity index (χ4n) is 6.02. The molecule has 0 N–H and O–H groups in total. The third-order valence-corrected chi connectivity index (χ3v) is 10.1. The Morgan fingerprint density at radius 2 is 1.29 bits per heavy atom. The zero-order chi connectivity index (χ0) is 21.3. The monoisotopic (exact) mass is 575 g/mol. The SMILES string of the molecule is CC1=Cc2ccc3ccccc3c2C1[SiH]C1C(C)=C(C)c2c(C)cc3ccccc3c21.[Cl-].[Cl-].[Zr+2]. The summed E-state index contributed by atoms with van der Waals surface area (Å²) in [6.45, 7) is 9.38. The van der Waals surface area contributed by atoms with Crippen LogP contribution < -0.4 is 24.8 Å². The molecule has 2 unspecified atom stereocenters. The molecule has 4 aromatic rings. The second-order valence-electron chi connectivity index (χ2n) is 9.34. The average Bonchev–Trinajstić information content (AvgIpc) is 3.23. The first-order valence-corrected chi connectivity index (χ1v) is 12.6. The number of aryl methyl sites for hydroxylation is 1. The molecule has 0 nitrogen and oxygen atoms in total. The number of halogens is 2. The van der Waals surface area contributed by atoms with Crippen LogP contribution in [0.2, 0.25) is 0 Å². The summed E-state index contributed by atoms with van der Waals surface area (Å²) in [6.07, 6.45) is 2.44. The summed E-state index contributed by atoms with van der Waals surface area (Å²) in [7, 11) is 0.159. The van der Waals surface area contributed by atoms with Crippen molar-refractivity contribution in [1.29, 1.82) is 0 Å². The first-order chi connectivity index (χ1) is 15.0. The molecule has 0 spiro atoms. The molecule has 169 valence electrons. The van der Waals surface area contributed by atoms with Crippen molar-refractivity contribution in [2.45, 2.75) is 38.8 Å². The topological polar surface area (TPSA) is 0 Å². The van der Waals surface area contributed by atoms with Crippen LogP contribution in [0, 0.1) is 6.92 Å². The van der Waals surface area contributed by atoms with E-state index in [-0.39, 0.29) is 60.5 Å². The first-order valence-electron chi connectivity index (χ1n) is 11.3. The van der Waals surface area contributed by atoms with Crippen molar-refractivity contribution in [3.05, 3.63) is 106 Å². The van der Waals surface area contributed by atoms with Gasteiger partial charge >= 0.3 is 26.2 Å². The predicted molar refractivity (Wildman–Crippen MR) is 137 cm³/mol. The standard InChI is InChI=1S/C30H27Si.2ClH.Zr/c1-17-15-22-10-6-8-12-25(22)28-26(17)19(3)20(4)30(28)31-29-18(2)16-23-14-13-21-9-5-7-11-24(21)27(23)29;;;/h5-16,29-31H,1-4H3;2*1H;/q;;;+2/p-2. The van der Waals surface area contributed by atoms with Crippen LogP contribution in [0.5, 0.6) is 0 Å². The van der Waals surface area contributed by atoms with Gasteiger partial charge in [0, 0.05) is 0 Å². The molecule has 1 radical (unpaired) electrons. The van der Waals surface area contributed by atoms with Crippen LogP contribution in [0.1, 0.15) is 59.7 Å². The van der Waals surface area contributed by atoms with E-state index in [0.717, 1.165) is 0 Å². The molecule has 2 atom stereocenters. The van der Waals surface area contributed by atoms with Crippen LogP contribution in [0.3, 0.4) is 0 Å². The van der Waals surface area contributed by atoms with E-state index in [4.69, 9.17) is 0 Å². The quantitative estimate of drug-likeness (QED) is 0.319. The maximum absolute atomic E-state index is 2.44. The van der Waals surface area contributed by atoms with Gasteiger partial charge in [0.25, 0.3) is 0 Å². The molecule has 2 aliphatic rings. The molecule has 0 bridgehead atoms. The van der Waals surface area contributed by atoms with Gasteiger partial charge in [-0.25, -0.2) is 0 Å². The van der Waals surface area contributed by atoms with Gasteiger partial charge in [0.05, 0.1) is 9.52 Å². The van der Waals surface area contributed by atoms with Crippen LogP contribution in [-0.4, -0.2) is 9.52 Å². The van der Waals surface area contributed by atoms with Crippen LogP contribution in [0.4, 0.5) is 0 Å². The summed E-state index contributed by atoms with van der Waals surface area (Å²) in [5.41, 5.74) is 13.3. The summed E-state index contributed by atoms with van der Waals surface area (Å²) in [5, 5.41) is 5.64. The minimum absolute atomic E-state index is 0. The van der Waals surface area contributed by atoms with Gasteiger partial charge in [-0.15, -0.1) is 0 Å². The summed E-state index contributed by atoms with van der Waals surface area (Å²) in [5.74, 6) is 0. The zero-order valence-corrected chi connectivity index (χ0v) is 25.0. The second kappa shape index (κ2) is 10.3. The summed E-state index contributed by atoms with van der Waals surface area (Å²) in [6, 6.07) is 24.9. The van der Waals surface area contributed by atoms with Crippen LogP contribution >= 0.6 is 0 Å². The summed E-state index contributed by atoms with van der Waals surface area (Å²) >= 11 is 0. The van der Waals surface area contributed by atoms with E-state index in [0.29, 0.717) is 11.1 Å².